The van der Waals surface area contributed by atoms with Crippen LogP contribution in [0.2, 0.25) is 0 Å². The van der Waals surface area contributed by atoms with Crippen LogP contribution in [0.25, 0.3) is 72.7 Å². The molecule has 0 unspecified atom stereocenters. The van der Waals surface area contributed by atoms with Crippen LogP contribution in [-0.4, -0.2) is 19.6 Å². The molecule has 0 fully saturated rings. The topological polar surface area (TPSA) is 50.9 Å². The van der Waals surface area contributed by atoms with Crippen molar-refractivity contribution in [3.05, 3.63) is 167 Å². The van der Waals surface area contributed by atoms with Crippen molar-refractivity contribution in [1.82, 2.24) is 14.5 Å². The third-order valence-corrected chi connectivity index (χ3v) is 12.5. The van der Waals surface area contributed by atoms with E-state index < -0.39 is 12.7 Å². The zero-order chi connectivity index (χ0) is 49.2. The number of aromatic hydroxyl groups is 1. The van der Waals surface area contributed by atoms with Crippen molar-refractivity contribution < 1.29 is 31.7 Å². The van der Waals surface area contributed by atoms with Gasteiger partial charge in [0, 0.05) is 44.1 Å². The van der Waals surface area contributed by atoms with E-state index >= 15 is 0 Å². The maximum absolute atomic E-state index is 12.3. The summed E-state index contributed by atoms with van der Waals surface area (Å²) in [6.07, 6.45) is 1.79. The minimum atomic E-state index is -2.18. The maximum Gasteiger partial charge on any atom is 0.148 e. The molecule has 0 aliphatic heterocycles. The van der Waals surface area contributed by atoms with Crippen LogP contribution >= 0.6 is 0 Å². The molecule has 6 aromatic carbocycles. The normalized spacial score (nSPS) is 13.4. The molecule has 336 valence electrons. The Morgan fingerprint density at radius 3 is 2.02 bits per heavy atom. The molecule has 4 nitrogen and oxygen atoms in total. The number of para-hydroxylation sites is 1. The molecule has 5 heteroatoms. The van der Waals surface area contributed by atoms with E-state index in [1.165, 1.54) is 5.56 Å². The van der Waals surface area contributed by atoms with Crippen LogP contribution in [0.4, 0.5) is 0 Å². The van der Waals surface area contributed by atoms with Crippen molar-refractivity contribution in [2.24, 2.45) is 0 Å². The van der Waals surface area contributed by atoms with Gasteiger partial charge in [-0.3, -0.25) is 9.55 Å². The fraction of sp³-hybridized carbons (Fsp3) is 0.300. The van der Waals surface area contributed by atoms with Crippen LogP contribution in [0, 0.1) is 12.9 Å². The minimum absolute atomic E-state index is 0. The molecule has 2 heterocycles. The van der Waals surface area contributed by atoms with Crippen molar-refractivity contribution in [2.75, 3.05) is 0 Å². The summed E-state index contributed by atoms with van der Waals surface area (Å²) in [5, 5.41) is 12.3. The molecule has 0 amide bonds. The molecule has 0 radical (unpaired) electrons. The molecular formula is C60H64N3OPt-. The first-order valence-corrected chi connectivity index (χ1v) is 22.6. The van der Waals surface area contributed by atoms with Gasteiger partial charge >= 0.3 is 0 Å². The molecule has 0 spiro atoms. The average Bonchev–Trinajstić information content (AvgIpc) is 3.67. The Morgan fingerprint density at radius 2 is 1.35 bits per heavy atom. The standard InChI is InChI=1S/C60H64N3O.Pt/c1-36(2)42-32-51(38(5)6)57(64)52(33-42)58-62-56-47(43-29-44(31-45(30-43)59(8,9)10)54-34-41(27-28-61-54)40-23-21-39(7)22-24-40)18-16-20-55(56)63(58)46-25-26-48(50(35-46)37(3)4)49-17-14-15-19-53(49)60(11,12)13;/h14-28,30-38,64H,1-13H3;/q-1;/i7D3,37D;. The van der Waals surface area contributed by atoms with E-state index in [0.29, 0.717) is 17.0 Å². The number of aromatic nitrogens is 3. The molecule has 8 rings (SSSR count). The number of phenolic OH excluding ortho intramolecular Hbond substituents is 1. The average molecular weight is 1040 g/mol. The molecule has 0 atom stereocenters. The Bertz CT molecular complexity index is 3180. The molecule has 2 aromatic heterocycles. The number of hydrogen-bond donors (Lipinski definition) is 1. The molecule has 0 saturated carbocycles. The summed E-state index contributed by atoms with van der Waals surface area (Å²) in [6.45, 7) is 23.6. The van der Waals surface area contributed by atoms with Crippen LogP contribution in [0.1, 0.15) is 140 Å². The van der Waals surface area contributed by atoms with Gasteiger partial charge < -0.3 is 5.11 Å². The summed E-state index contributed by atoms with van der Waals surface area (Å²) in [4.78, 5) is 10.4. The van der Waals surface area contributed by atoms with E-state index in [2.05, 4.69) is 165 Å². The van der Waals surface area contributed by atoms with Gasteiger partial charge in [0.25, 0.3) is 0 Å². The largest absolute Gasteiger partial charge is 0.507 e. The van der Waals surface area contributed by atoms with Gasteiger partial charge in [0.1, 0.15) is 11.6 Å². The Balaban J connectivity index is 0.00000703. The molecule has 8 aromatic rings. The van der Waals surface area contributed by atoms with Crippen molar-refractivity contribution >= 4 is 11.0 Å². The second kappa shape index (κ2) is 18.4. The van der Waals surface area contributed by atoms with Gasteiger partial charge in [-0.1, -0.05) is 179 Å². The monoisotopic (exact) mass is 1040 g/mol. The van der Waals surface area contributed by atoms with E-state index in [0.717, 1.165) is 83.6 Å². The molecule has 65 heavy (non-hydrogen) atoms. The van der Waals surface area contributed by atoms with Gasteiger partial charge in [0.05, 0.1) is 16.6 Å². The number of phenols is 1. The number of benzene rings is 6. The van der Waals surface area contributed by atoms with Crippen molar-refractivity contribution in [3.8, 4) is 67.5 Å². The number of rotatable bonds is 9. The number of fused-ring (bicyclic) bond motifs is 1. The summed E-state index contributed by atoms with van der Waals surface area (Å²) in [5.74, 6) is 0.117. The number of imidazole rings is 1. The zero-order valence-electron chi connectivity index (χ0n) is 43.9. The third-order valence-electron chi connectivity index (χ3n) is 12.5. The second-order valence-corrected chi connectivity index (χ2v) is 20.2. The van der Waals surface area contributed by atoms with Crippen LogP contribution in [0.15, 0.2) is 128 Å². The van der Waals surface area contributed by atoms with E-state index in [1.54, 1.807) is 18.3 Å². The quantitative estimate of drug-likeness (QED) is 0.147. The third kappa shape index (κ3) is 9.43. The first-order chi connectivity index (χ1) is 31.8. The summed E-state index contributed by atoms with van der Waals surface area (Å²) < 4.78 is 35.3. The predicted molar refractivity (Wildman–Crippen MR) is 271 cm³/mol. The van der Waals surface area contributed by atoms with E-state index in [4.69, 9.17) is 14.1 Å². The van der Waals surface area contributed by atoms with Gasteiger partial charge in [0.2, 0.25) is 0 Å². The minimum Gasteiger partial charge on any atom is -0.507 e. The molecule has 0 bridgehead atoms. The Kier molecular flexibility index (Phi) is 11.9. The number of aryl methyl sites for hydroxylation is 1. The summed E-state index contributed by atoms with van der Waals surface area (Å²) in [6, 6.07) is 44.5. The van der Waals surface area contributed by atoms with Gasteiger partial charge in [0.15, 0.2) is 0 Å². The van der Waals surface area contributed by atoms with Gasteiger partial charge in [-0.15, -0.1) is 29.3 Å². The summed E-state index contributed by atoms with van der Waals surface area (Å²) in [7, 11) is 0. The van der Waals surface area contributed by atoms with Crippen LogP contribution in [0.3, 0.4) is 0 Å². The van der Waals surface area contributed by atoms with E-state index in [-0.39, 0.29) is 49.5 Å². The van der Waals surface area contributed by atoms with Crippen LogP contribution in [-0.2, 0) is 31.9 Å². The Hall–Kier alpha value is -5.57. The fourth-order valence-corrected chi connectivity index (χ4v) is 8.78. The molecule has 0 aliphatic carbocycles. The number of nitrogens with zero attached hydrogens (tertiary/aromatic N) is 3. The first-order valence-electron chi connectivity index (χ1n) is 24.6. The molecule has 0 saturated heterocycles. The Labute approximate surface area is 408 Å². The van der Waals surface area contributed by atoms with E-state index in [9.17, 15) is 6.48 Å². The van der Waals surface area contributed by atoms with Gasteiger partial charge in [-0.25, -0.2) is 4.98 Å². The van der Waals surface area contributed by atoms with Crippen molar-refractivity contribution in [3.63, 3.8) is 0 Å². The van der Waals surface area contributed by atoms with Crippen molar-refractivity contribution in [2.45, 2.75) is 118 Å². The van der Waals surface area contributed by atoms with E-state index in [1.807, 2.05) is 38.1 Å². The molecule has 1 N–H and O–H groups in total. The second-order valence-electron chi connectivity index (χ2n) is 20.2. The van der Waals surface area contributed by atoms with Gasteiger partial charge in [-0.05, 0) is 110 Å². The van der Waals surface area contributed by atoms with Crippen LogP contribution in [0.5, 0.6) is 5.75 Å². The zero-order valence-corrected chi connectivity index (χ0v) is 42.2. The van der Waals surface area contributed by atoms with Gasteiger partial charge in [-0.2, -0.15) is 0 Å². The maximum atomic E-state index is 12.3. The molecular weight excluding hydrogens is 974 g/mol. The SMILES string of the molecule is [2H]C([2H])([2H])c1ccc(-c2ccnc(-c3[c-]c(-c4cccc5c4nc(-c4cc(C(C)C)cc(C(C)C)c4O)n5-c4ccc(-c5ccccc5C(C)(C)C)c(C([2H])(C)C)c4)cc(C(C)(C)C)c3)c2)cc1.[Pt]. The predicted octanol–water partition coefficient (Wildman–Crippen LogP) is 16.5. The van der Waals surface area contributed by atoms with Crippen LogP contribution < -0.4 is 0 Å². The van der Waals surface area contributed by atoms with Crippen molar-refractivity contribution in [1.29, 1.82) is 0 Å². The number of pyridine rings is 1. The summed E-state index contributed by atoms with van der Waals surface area (Å²) in [5.41, 5.74) is 15.5. The first kappa shape index (κ1) is 42.1. The number of hydrogen-bond acceptors (Lipinski definition) is 3. The summed E-state index contributed by atoms with van der Waals surface area (Å²) >= 11 is 0. The Morgan fingerprint density at radius 1 is 0.646 bits per heavy atom. The fourth-order valence-electron chi connectivity index (χ4n) is 8.78. The molecule has 0 aliphatic rings. The smallest absolute Gasteiger partial charge is 0.148 e.